The van der Waals surface area contributed by atoms with Gasteiger partial charge in [0.1, 0.15) is 0 Å². The number of nitrogens with zero attached hydrogens (tertiary/aromatic N) is 5. The fourth-order valence-corrected chi connectivity index (χ4v) is 0. The van der Waals surface area contributed by atoms with E-state index in [0.717, 1.165) is 0 Å². The number of hydrogen-bond acceptors (Lipinski definition) is 15. The van der Waals surface area contributed by atoms with Crippen LogP contribution in [0.4, 0.5) is 0 Å². The van der Waals surface area contributed by atoms with Crippen LogP contribution in [-0.2, 0) is 17.1 Å². The molecule has 20 nitrogen and oxygen atoms in total. The summed E-state index contributed by atoms with van der Waals surface area (Å²) >= 11 is 0. The van der Waals surface area contributed by atoms with E-state index in [1.165, 1.54) is 0 Å². The molecule has 0 unspecified atom stereocenters. The molecular formula is CuLaN5O15. The predicted octanol–water partition coefficient (Wildman–Crippen LogP) is -1.20. The van der Waals surface area contributed by atoms with Gasteiger partial charge in [-0.05, 0) is 0 Å². The van der Waals surface area contributed by atoms with Crippen molar-refractivity contribution in [3.05, 3.63) is 76.6 Å². The minimum absolute atomic E-state index is 0. The number of rotatable bonds is 0. The zero-order chi connectivity index (χ0) is 17.9. The van der Waals surface area contributed by atoms with Crippen LogP contribution in [0.2, 0.25) is 0 Å². The van der Waals surface area contributed by atoms with Crippen LogP contribution in [0.15, 0.2) is 0 Å². The summed E-state index contributed by atoms with van der Waals surface area (Å²) in [5.41, 5.74) is 0. The van der Waals surface area contributed by atoms with Crippen molar-refractivity contribution >= 4 is 0 Å². The zero-order valence-electron chi connectivity index (χ0n) is 9.24. The van der Waals surface area contributed by atoms with Crippen LogP contribution in [0.1, 0.15) is 0 Å². The minimum Gasteiger partial charge on any atom is -0.356 e. The summed E-state index contributed by atoms with van der Waals surface area (Å²) in [6.45, 7) is 0. The first-order valence-corrected chi connectivity index (χ1v) is 2.74. The zero-order valence-corrected chi connectivity index (χ0v) is 13.8. The third-order valence-electron chi connectivity index (χ3n) is 0. The molecule has 0 bridgehead atoms. The van der Waals surface area contributed by atoms with Gasteiger partial charge in [0.2, 0.25) is 0 Å². The van der Waals surface area contributed by atoms with Gasteiger partial charge in [0.05, 0.1) is 25.4 Å². The normalized spacial score (nSPS) is 5.45. The van der Waals surface area contributed by atoms with E-state index in [9.17, 15) is 0 Å². The Kier molecular flexibility index (Phi) is 70.5. The van der Waals surface area contributed by atoms with Gasteiger partial charge in [-0.1, -0.05) is 0 Å². The molecule has 0 rings (SSSR count). The molecule has 0 saturated heterocycles. The molecule has 0 aliphatic carbocycles. The Hall–Kier alpha value is -2.29. The summed E-state index contributed by atoms with van der Waals surface area (Å²) in [5.74, 6) is 0. The Bertz CT molecular complexity index is 213. The summed E-state index contributed by atoms with van der Waals surface area (Å²) in [6.07, 6.45) is 0. The van der Waals surface area contributed by atoms with Crippen LogP contribution in [0.5, 0.6) is 0 Å². The Morgan fingerprint density at radius 2 is 0.364 bits per heavy atom. The van der Waals surface area contributed by atoms with Gasteiger partial charge in [0.25, 0.3) is 0 Å². The van der Waals surface area contributed by atoms with Crippen LogP contribution in [0, 0.1) is 112 Å². The second-order valence-corrected chi connectivity index (χ2v) is 1.12. The largest absolute Gasteiger partial charge is 3.00 e. The minimum atomic E-state index is -1.75. The van der Waals surface area contributed by atoms with Gasteiger partial charge in [-0.25, -0.2) is 0 Å². The average Bonchev–Trinajstić information content (AvgIpc) is 1.94. The molecule has 0 aromatic carbocycles. The monoisotopic (exact) mass is 512 g/mol. The molecule has 0 spiro atoms. The van der Waals surface area contributed by atoms with Crippen LogP contribution >= 0.6 is 0 Å². The standard InChI is InChI=1S/Cu.La.5NO3/c;;5*2-1(3)4/q+2;+3;5*-1. The fraction of sp³-hybridized carbons (Fsp3) is 0. The molecule has 0 N–H and O–H groups in total. The van der Waals surface area contributed by atoms with Crippen LogP contribution in [0.3, 0.4) is 0 Å². The van der Waals surface area contributed by atoms with Crippen molar-refractivity contribution in [1.29, 1.82) is 0 Å². The van der Waals surface area contributed by atoms with Crippen LogP contribution < -0.4 is 0 Å². The van der Waals surface area contributed by atoms with Gasteiger partial charge >= 0.3 is 52.7 Å². The summed E-state index contributed by atoms with van der Waals surface area (Å²) in [4.78, 5) is 41.2. The van der Waals surface area contributed by atoms with Crippen molar-refractivity contribution in [2.24, 2.45) is 0 Å². The van der Waals surface area contributed by atoms with Gasteiger partial charge in [-0.3, -0.25) is 0 Å². The predicted molar refractivity (Wildman–Crippen MR) is 51.8 cm³/mol. The van der Waals surface area contributed by atoms with Gasteiger partial charge in [-0.15, -0.1) is 0 Å². The molecule has 0 atom stereocenters. The second kappa shape index (κ2) is 36.3. The summed E-state index contributed by atoms with van der Waals surface area (Å²) in [7, 11) is 0. The molecule has 129 valence electrons. The topological polar surface area (TPSA) is 331 Å². The molecule has 0 heterocycles. The smallest absolute Gasteiger partial charge is 0.356 e. The van der Waals surface area contributed by atoms with Crippen molar-refractivity contribution in [2.45, 2.75) is 0 Å². The first-order valence-electron chi connectivity index (χ1n) is 2.74. The third-order valence-corrected chi connectivity index (χ3v) is 0. The van der Waals surface area contributed by atoms with E-state index >= 15 is 0 Å². The van der Waals surface area contributed by atoms with E-state index in [0.29, 0.717) is 0 Å². The maximum absolute atomic E-state index is 8.25. The fourth-order valence-electron chi connectivity index (χ4n) is 0. The molecular weight excluding hydrogens is 512 g/mol. The molecule has 0 aromatic heterocycles. The van der Waals surface area contributed by atoms with Crippen LogP contribution in [0.25, 0.3) is 0 Å². The van der Waals surface area contributed by atoms with E-state index in [4.69, 9.17) is 76.6 Å². The molecule has 0 aliphatic heterocycles. The average molecular weight is 512 g/mol. The Balaban J connectivity index is -0.0000000250. The van der Waals surface area contributed by atoms with Crippen molar-refractivity contribution in [3.63, 3.8) is 0 Å². The number of hydrogen-bond donors (Lipinski definition) is 0. The Labute approximate surface area is 154 Å². The van der Waals surface area contributed by atoms with Crippen molar-refractivity contribution < 1.29 is 78.1 Å². The Morgan fingerprint density at radius 3 is 0.364 bits per heavy atom. The van der Waals surface area contributed by atoms with Gasteiger partial charge in [0.15, 0.2) is 0 Å². The summed E-state index contributed by atoms with van der Waals surface area (Å²) in [5, 5.41) is 73.8. The molecule has 0 amide bonds. The van der Waals surface area contributed by atoms with Crippen molar-refractivity contribution in [2.75, 3.05) is 0 Å². The molecule has 0 aromatic rings. The molecule has 0 saturated carbocycles. The van der Waals surface area contributed by atoms with Gasteiger partial charge < -0.3 is 76.6 Å². The van der Waals surface area contributed by atoms with E-state index in [2.05, 4.69) is 0 Å². The van der Waals surface area contributed by atoms with E-state index in [1.807, 2.05) is 0 Å². The summed E-state index contributed by atoms with van der Waals surface area (Å²) < 4.78 is 0. The van der Waals surface area contributed by atoms with E-state index in [-0.39, 0.29) is 52.7 Å². The van der Waals surface area contributed by atoms with Gasteiger partial charge in [0, 0.05) is 0 Å². The van der Waals surface area contributed by atoms with E-state index < -0.39 is 25.4 Å². The van der Waals surface area contributed by atoms with Gasteiger partial charge in [-0.2, -0.15) is 0 Å². The first-order chi connectivity index (χ1) is 8.66. The first kappa shape index (κ1) is 42.7. The van der Waals surface area contributed by atoms with E-state index in [1.54, 1.807) is 0 Å². The van der Waals surface area contributed by atoms with Crippen LogP contribution in [-0.4, -0.2) is 25.4 Å². The molecule has 0 aliphatic rings. The molecule has 22 heavy (non-hydrogen) atoms. The SMILES string of the molecule is O=[N+]([O-])[O-].O=[N+]([O-])[O-].O=[N+]([O-])[O-].O=[N+]([O-])[O-].O=[N+]([O-])[O-].[Cu+2].[La+3]. The molecule has 0 fully saturated rings. The second-order valence-electron chi connectivity index (χ2n) is 1.12. The third kappa shape index (κ3) is 947. The maximum atomic E-state index is 8.25. The molecule has 22 heteroatoms. The maximum Gasteiger partial charge on any atom is 3.00 e. The summed E-state index contributed by atoms with van der Waals surface area (Å²) in [6, 6.07) is 0. The molecule has 1 radical (unpaired) electrons. The van der Waals surface area contributed by atoms with Crippen molar-refractivity contribution in [3.8, 4) is 0 Å². The quantitative estimate of drug-likeness (QED) is 0.209. The van der Waals surface area contributed by atoms with Crippen molar-refractivity contribution in [1.82, 2.24) is 0 Å². The Morgan fingerprint density at radius 1 is 0.364 bits per heavy atom.